The molecule has 3 rings (SSSR count). The molecule has 0 saturated heterocycles. The SMILES string of the molecule is CN(C)CCOc1cc(NC(=O)c2cnn(C)c2C2CC2)ccn1. The average Bonchev–Trinajstić information content (AvgIpc) is 3.29. The third kappa shape index (κ3) is 3.91. The summed E-state index contributed by atoms with van der Waals surface area (Å²) in [5, 5.41) is 7.14. The lowest BCUT2D eigenvalue weighted by Gasteiger charge is -2.11. The number of carbonyl (C=O) groups excluding carboxylic acids is 1. The smallest absolute Gasteiger partial charge is 0.259 e. The predicted octanol–water partition coefficient (Wildman–Crippen LogP) is 1.89. The lowest BCUT2D eigenvalue weighted by Crippen LogP contribution is -2.19. The number of aromatic nitrogens is 3. The van der Waals surface area contributed by atoms with Gasteiger partial charge in [0.25, 0.3) is 5.91 Å². The van der Waals surface area contributed by atoms with E-state index in [1.54, 1.807) is 29.2 Å². The molecule has 7 heteroatoms. The molecule has 0 unspecified atom stereocenters. The molecular weight excluding hydrogens is 306 g/mol. The first-order valence-corrected chi connectivity index (χ1v) is 8.11. The monoisotopic (exact) mass is 329 g/mol. The van der Waals surface area contributed by atoms with Crippen LogP contribution in [0, 0.1) is 0 Å². The van der Waals surface area contributed by atoms with Crippen LogP contribution in [-0.2, 0) is 7.05 Å². The average molecular weight is 329 g/mol. The van der Waals surface area contributed by atoms with Gasteiger partial charge in [0.05, 0.1) is 17.5 Å². The molecule has 1 saturated carbocycles. The first-order valence-electron chi connectivity index (χ1n) is 8.11. The molecule has 1 N–H and O–H groups in total. The summed E-state index contributed by atoms with van der Waals surface area (Å²) < 4.78 is 7.40. The second-order valence-corrected chi connectivity index (χ2v) is 6.33. The van der Waals surface area contributed by atoms with Crippen LogP contribution in [0.15, 0.2) is 24.5 Å². The van der Waals surface area contributed by atoms with Gasteiger partial charge in [0.2, 0.25) is 5.88 Å². The number of pyridine rings is 1. The van der Waals surface area contributed by atoms with Crippen molar-refractivity contribution in [3.05, 3.63) is 35.8 Å². The van der Waals surface area contributed by atoms with Gasteiger partial charge in [-0.25, -0.2) is 4.98 Å². The van der Waals surface area contributed by atoms with Crippen LogP contribution in [0.1, 0.15) is 34.8 Å². The highest BCUT2D eigenvalue weighted by molar-refractivity contribution is 6.05. The van der Waals surface area contributed by atoms with Crippen LogP contribution >= 0.6 is 0 Å². The molecule has 1 aliphatic rings. The summed E-state index contributed by atoms with van der Waals surface area (Å²) in [4.78, 5) is 18.8. The van der Waals surface area contributed by atoms with Gasteiger partial charge in [-0.15, -0.1) is 0 Å². The zero-order valence-electron chi connectivity index (χ0n) is 14.3. The number of nitrogens with one attached hydrogen (secondary N) is 1. The third-order valence-corrected chi connectivity index (χ3v) is 3.97. The summed E-state index contributed by atoms with van der Waals surface area (Å²) in [7, 11) is 5.85. The number of hydrogen-bond donors (Lipinski definition) is 1. The molecule has 2 aromatic rings. The van der Waals surface area contributed by atoms with Crippen molar-refractivity contribution >= 4 is 11.6 Å². The summed E-state index contributed by atoms with van der Waals surface area (Å²) >= 11 is 0. The van der Waals surface area contributed by atoms with E-state index < -0.39 is 0 Å². The highest BCUT2D eigenvalue weighted by Gasteiger charge is 2.31. The summed E-state index contributed by atoms with van der Waals surface area (Å²) in [6, 6.07) is 3.49. The number of carbonyl (C=O) groups is 1. The number of aryl methyl sites for hydroxylation is 1. The summed E-state index contributed by atoms with van der Waals surface area (Å²) in [5.41, 5.74) is 2.33. The van der Waals surface area contributed by atoms with E-state index in [0.29, 0.717) is 29.7 Å². The number of likely N-dealkylation sites (N-methyl/N-ethyl adjacent to an activating group) is 1. The Morgan fingerprint density at radius 3 is 2.96 bits per heavy atom. The molecule has 0 aromatic carbocycles. The molecule has 1 aliphatic carbocycles. The van der Waals surface area contributed by atoms with Gasteiger partial charge >= 0.3 is 0 Å². The Morgan fingerprint density at radius 2 is 2.25 bits per heavy atom. The van der Waals surface area contributed by atoms with Crippen LogP contribution in [0.25, 0.3) is 0 Å². The van der Waals surface area contributed by atoms with Crippen molar-refractivity contribution in [3.63, 3.8) is 0 Å². The standard InChI is InChI=1S/C17H23N5O2/c1-21(2)8-9-24-15-10-13(6-7-18-15)20-17(23)14-11-19-22(3)16(14)12-4-5-12/h6-7,10-12H,4-5,8-9H2,1-3H3,(H,18,20,23). The number of anilines is 1. The minimum Gasteiger partial charge on any atom is -0.476 e. The van der Waals surface area contributed by atoms with E-state index >= 15 is 0 Å². The number of amides is 1. The Labute approximate surface area is 141 Å². The van der Waals surface area contributed by atoms with Crippen molar-refractivity contribution in [2.45, 2.75) is 18.8 Å². The zero-order chi connectivity index (χ0) is 17.1. The molecule has 0 aliphatic heterocycles. The van der Waals surface area contributed by atoms with Crippen LogP contribution in [0.4, 0.5) is 5.69 Å². The van der Waals surface area contributed by atoms with Gasteiger partial charge in [0, 0.05) is 37.5 Å². The van der Waals surface area contributed by atoms with Crippen LogP contribution in [0.3, 0.4) is 0 Å². The van der Waals surface area contributed by atoms with E-state index in [-0.39, 0.29) is 5.91 Å². The normalized spacial score (nSPS) is 14.0. The van der Waals surface area contributed by atoms with Gasteiger partial charge in [-0.1, -0.05) is 0 Å². The molecule has 2 aromatic heterocycles. The fourth-order valence-corrected chi connectivity index (χ4v) is 2.56. The van der Waals surface area contributed by atoms with E-state index in [1.807, 2.05) is 26.0 Å². The molecule has 0 bridgehead atoms. The fraction of sp³-hybridized carbons (Fsp3) is 0.471. The van der Waals surface area contributed by atoms with Crippen molar-refractivity contribution in [1.29, 1.82) is 0 Å². The van der Waals surface area contributed by atoms with Crippen molar-refractivity contribution in [2.24, 2.45) is 7.05 Å². The van der Waals surface area contributed by atoms with Crippen LogP contribution in [0.2, 0.25) is 0 Å². The van der Waals surface area contributed by atoms with Gasteiger partial charge in [-0.2, -0.15) is 5.10 Å². The lowest BCUT2D eigenvalue weighted by molar-refractivity contribution is 0.102. The Balaban J connectivity index is 1.66. The van der Waals surface area contributed by atoms with Gasteiger partial charge in [-0.05, 0) is 33.0 Å². The van der Waals surface area contributed by atoms with Crippen molar-refractivity contribution in [2.75, 3.05) is 32.6 Å². The quantitative estimate of drug-likeness (QED) is 0.840. The molecule has 0 radical (unpaired) electrons. The Kier molecular flexibility index (Phi) is 4.80. The minimum absolute atomic E-state index is 0.143. The predicted molar refractivity (Wildman–Crippen MR) is 91.4 cm³/mol. The molecule has 0 atom stereocenters. The molecule has 2 heterocycles. The molecule has 128 valence electrons. The van der Waals surface area contributed by atoms with E-state index in [0.717, 1.165) is 25.1 Å². The lowest BCUT2D eigenvalue weighted by atomic mass is 10.1. The van der Waals surface area contributed by atoms with Gasteiger partial charge in [0.15, 0.2) is 0 Å². The first-order chi connectivity index (χ1) is 11.5. The highest BCUT2D eigenvalue weighted by Crippen LogP contribution is 2.41. The van der Waals surface area contributed by atoms with Crippen molar-refractivity contribution in [3.8, 4) is 5.88 Å². The minimum atomic E-state index is -0.143. The van der Waals surface area contributed by atoms with E-state index in [2.05, 4.69) is 15.4 Å². The van der Waals surface area contributed by atoms with Crippen LogP contribution < -0.4 is 10.1 Å². The zero-order valence-corrected chi connectivity index (χ0v) is 14.3. The van der Waals surface area contributed by atoms with Crippen LogP contribution in [-0.4, -0.2) is 52.8 Å². The maximum absolute atomic E-state index is 12.6. The highest BCUT2D eigenvalue weighted by atomic mass is 16.5. The number of nitrogens with zero attached hydrogens (tertiary/aromatic N) is 4. The molecule has 0 spiro atoms. The van der Waals surface area contributed by atoms with Crippen molar-refractivity contribution < 1.29 is 9.53 Å². The number of ether oxygens (including phenoxy) is 1. The Hall–Kier alpha value is -2.41. The first kappa shape index (κ1) is 16.4. The Morgan fingerprint density at radius 1 is 1.46 bits per heavy atom. The summed E-state index contributed by atoms with van der Waals surface area (Å²) in [5.74, 6) is 0.819. The molecule has 7 nitrogen and oxygen atoms in total. The molecule has 1 fully saturated rings. The topological polar surface area (TPSA) is 72.3 Å². The molecular formula is C17H23N5O2. The summed E-state index contributed by atoms with van der Waals surface area (Å²) in [6.45, 7) is 1.35. The maximum Gasteiger partial charge on any atom is 0.259 e. The second-order valence-electron chi connectivity index (χ2n) is 6.33. The third-order valence-electron chi connectivity index (χ3n) is 3.97. The second kappa shape index (κ2) is 7.00. The maximum atomic E-state index is 12.6. The van der Waals surface area contributed by atoms with Gasteiger partial charge in [-0.3, -0.25) is 9.48 Å². The molecule has 1 amide bonds. The Bertz CT molecular complexity index is 722. The van der Waals surface area contributed by atoms with E-state index in [4.69, 9.17) is 4.74 Å². The van der Waals surface area contributed by atoms with Crippen LogP contribution in [0.5, 0.6) is 5.88 Å². The van der Waals surface area contributed by atoms with E-state index in [1.165, 1.54) is 0 Å². The van der Waals surface area contributed by atoms with E-state index in [9.17, 15) is 4.79 Å². The molecule has 24 heavy (non-hydrogen) atoms. The number of rotatable bonds is 7. The van der Waals surface area contributed by atoms with Gasteiger partial charge in [0.1, 0.15) is 6.61 Å². The van der Waals surface area contributed by atoms with Gasteiger partial charge < -0.3 is 15.0 Å². The number of hydrogen-bond acceptors (Lipinski definition) is 5. The largest absolute Gasteiger partial charge is 0.476 e. The summed E-state index contributed by atoms with van der Waals surface area (Å²) in [6.07, 6.45) is 5.52. The fourth-order valence-electron chi connectivity index (χ4n) is 2.56. The van der Waals surface area contributed by atoms with Crippen molar-refractivity contribution in [1.82, 2.24) is 19.7 Å².